The molecule has 1 aromatic carbocycles. The second-order valence-corrected chi connectivity index (χ2v) is 7.50. The van der Waals surface area contributed by atoms with Crippen LogP contribution >= 0.6 is 26.6 Å². The molecule has 112 valence electrons. The van der Waals surface area contributed by atoms with E-state index < -0.39 is 31.0 Å². The number of aromatic amines is 1. The van der Waals surface area contributed by atoms with E-state index >= 15 is 0 Å². The maximum atomic E-state index is 13.7. The monoisotopic (exact) mass is 396 g/mol. The molecule has 1 aromatic heterocycles. The molecule has 0 amide bonds. The molecular formula is C11H7BrClFN2O4S. The molecule has 10 heteroatoms. The quantitative estimate of drug-likeness (QED) is 0.793. The number of H-pyrrole nitrogens is 1. The molecule has 0 radical (unpaired) electrons. The molecular weight excluding hydrogens is 391 g/mol. The summed E-state index contributed by atoms with van der Waals surface area (Å²) in [4.78, 5) is 24.1. The number of benzene rings is 1. The topological polar surface area (TPSA) is 89.0 Å². The summed E-state index contributed by atoms with van der Waals surface area (Å²) in [5, 5.41) is 0. The van der Waals surface area contributed by atoms with Gasteiger partial charge in [-0.1, -0.05) is 22.0 Å². The van der Waals surface area contributed by atoms with Crippen molar-refractivity contribution >= 4 is 35.7 Å². The molecule has 2 aromatic rings. The Hall–Kier alpha value is -1.45. The Balaban J connectivity index is 2.55. The van der Waals surface area contributed by atoms with Crippen LogP contribution in [0.15, 0.2) is 43.4 Å². The van der Waals surface area contributed by atoms with Gasteiger partial charge in [-0.2, -0.15) is 0 Å². The third-order valence-electron chi connectivity index (χ3n) is 2.60. The van der Waals surface area contributed by atoms with Crippen molar-refractivity contribution in [2.75, 3.05) is 0 Å². The predicted molar refractivity (Wildman–Crippen MR) is 77.6 cm³/mol. The molecule has 2 rings (SSSR count). The fourth-order valence-corrected chi connectivity index (χ4v) is 2.80. The predicted octanol–water partition coefficient (Wildman–Crippen LogP) is 1.41. The normalized spacial score (nSPS) is 11.6. The van der Waals surface area contributed by atoms with Crippen molar-refractivity contribution in [2.24, 2.45) is 0 Å². The lowest BCUT2D eigenvalue weighted by molar-refractivity contribution is 0.585. The Kier molecular flexibility index (Phi) is 4.35. The minimum atomic E-state index is -4.31. The highest BCUT2D eigenvalue weighted by Crippen LogP contribution is 2.16. The summed E-state index contributed by atoms with van der Waals surface area (Å²) >= 11 is 3.09. The van der Waals surface area contributed by atoms with Crippen LogP contribution in [-0.2, 0) is 15.6 Å². The van der Waals surface area contributed by atoms with Gasteiger partial charge in [0.15, 0.2) is 4.90 Å². The first-order chi connectivity index (χ1) is 9.68. The first-order valence-electron chi connectivity index (χ1n) is 5.41. The fraction of sp³-hybridized carbons (Fsp3) is 0.0909. The maximum Gasteiger partial charge on any atom is 0.328 e. The summed E-state index contributed by atoms with van der Waals surface area (Å²) in [6, 6.07) is 4.19. The second kappa shape index (κ2) is 5.74. The molecule has 1 N–H and O–H groups in total. The average molecular weight is 398 g/mol. The van der Waals surface area contributed by atoms with Gasteiger partial charge in [0.1, 0.15) is 5.82 Å². The van der Waals surface area contributed by atoms with Crippen LogP contribution < -0.4 is 11.2 Å². The van der Waals surface area contributed by atoms with Crippen LogP contribution in [0.4, 0.5) is 4.39 Å². The minimum Gasteiger partial charge on any atom is -0.295 e. The van der Waals surface area contributed by atoms with Gasteiger partial charge in [-0.15, -0.1) is 0 Å². The highest BCUT2D eigenvalue weighted by atomic mass is 79.9. The van der Waals surface area contributed by atoms with E-state index in [0.717, 1.165) is 10.8 Å². The van der Waals surface area contributed by atoms with Crippen molar-refractivity contribution in [3.05, 3.63) is 61.1 Å². The second-order valence-electron chi connectivity index (χ2n) is 4.05. The number of nitrogens with zero attached hydrogens (tertiary/aromatic N) is 1. The van der Waals surface area contributed by atoms with Gasteiger partial charge >= 0.3 is 5.69 Å². The summed E-state index contributed by atoms with van der Waals surface area (Å²) < 4.78 is 37.5. The van der Waals surface area contributed by atoms with Crippen molar-refractivity contribution < 1.29 is 12.8 Å². The van der Waals surface area contributed by atoms with Gasteiger partial charge < -0.3 is 0 Å². The number of nitrogens with one attached hydrogen (secondary N) is 1. The lowest BCUT2D eigenvalue weighted by Crippen LogP contribution is -2.32. The van der Waals surface area contributed by atoms with Crippen LogP contribution in [0.1, 0.15) is 5.56 Å². The van der Waals surface area contributed by atoms with Gasteiger partial charge in [-0.3, -0.25) is 14.3 Å². The zero-order valence-corrected chi connectivity index (χ0v) is 13.3. The Morgan fingerprint density at radius 2 is 2.00 bits per heavy atom. The molecule has 1 heterocycles. The van der Waals surface area contributed by atoms with E-state index in [1.165, 1.54) is 12.1 Å². The molecule has 0 spiro atoms. The van der Waals surface area contributed by atoms with E-state index in [2.05, 4.69) is 15.9 Å². The van der Waals surface area contributed by atoms with Crippen LogP contribution in [0.25, 0.3) is 0 Å². The molecule has 0 aliphatic carbocycles. The average Bonchev–Trinajstić information content (AvgIpc) is 2.33. The van der Waals surface area contributed by atoms with Crippen LogP contribution in [0.3, 0.4) is 0 Å². The number of rotatable bonds is 3. The number of hydrogen-bond acceptors (Lipinski definition) is 4. The first kappa shape index (κ1) is 15.9. The highest BCUT2D eigenvalue weighted by molar-refractivity contribution is 9.10. The lowest BCUT2D eigenvalue weighted by atomic mass is 10.2. The molecule has 0 aliphatic heterocycles. The molecule has 0 saturated carbocycles. The zero-order valence-electron chi connectivity index (χ0n) is 10.1. The highest BCUT2D eigenvalue weighted by Gasteiger charge is 2.17. The smallest absolute Gasteiger partial charge is 0.295 e. The zero-order chi connectivity index (χ0) is 15.8. The van der Waals surface area contributed by atoms with Gasteiger partial charge in [0, 0.05) is 26.9 Å². The Labute approximate surface area is 130 Å². The molecule has 6 nitrogen and oxygen atoms in total. The minimum absolute atomic E-state index is 0.144. The Bertz CT molecular complexity index is 923. The SMILES string of the molecule is O=c1[nH]c(=O)n(Cc2ccc(Br)cc2F)cc1S(=O)(=O)Cl. The summed E-state index contributed by atoms with van der Waals surface area (Å²) in [5.41, 5.74) is -1.85. The van der Waals surface area contributed by atoms with Crippen LogP contribution in [0, 0.1) is 5.82 Å². The van der Waals surface area contributed by atoms with Gasteiger partial charge in [0.2, 0.25) is 0 Å². The first-order valence-corrected chi connectivity index (χ1v) is 8.51. The third-order valence-corrected chi connectivity index (χ3v) is 4.40. The van der Waals surface area contributed by atoms with E-state index in [4.69, 9.17) is 10.7 Å². The number of halogens is 3. The summed E-state index contributed by atoms with van der Waals surface area (Å²) in [6.45, 7) is -0.256. The maximum absolute atomic E-state index is 13.7. The molecule has 0 atom stereocenters. The lowest BCUT2D eigenvalue weighted by Gasteiger charge is -2.07. The van der Waals surface area contributed by atoms with Gasteiger partial charge in [0.25, 0.3) is 14.6 Å². The molecule has 0 bridgehead atoms. The van der Waals surface area contributed by atoms with Crippen molar-refractivity contribution in [1.82, 2.24) is 9.55 Å². The van der Waals surface area contributed by atoms with Crippen molar-refractivity contribution in [3.63, 3.8) is 0 Å². The van der Waals surface area contributed by atoms with Crippen LogP contribution in [0.2, 0.25) is 0 Å². The van der Waals surface area contributed by atoms with Gasteiger partial charge in [-0.25, -0.2) is 17.6 Å². The van der Waals surface area contributed by atoms with Crippen molar-refractivity contribution in [3.8, 4) is 0 Å². The summed E-state index contributed by atoms with van der Waals surface area (Å²) in [5.74, 6) is -0.585. The van der Waals surface area contributed by atoms with Crippen LogP contribution in [0.5, 0.6) is 0 Å². The van der Waals surface area contributed by atoms with E-state index in [1.54, 1.807) is 6.07 Å². The van der Waals surface area contributed by atoms with Gasteiger partial charge in [-0.05, 0) is 12.1 Å². The van der Waals surface area contributed by atoms with E-state index in [-0.39, 0.29) is 12.1 Å². The number of hydrogen-bond donors (Lipinski definition) is 1. The van der Waals surface area contributed by atoms with Crippen molar-refractivity contribution in [2.45, 2.75) is 11.4 Å². The van der Waals surface area contributed by atoms with Crippen LogP contribution in [-0.4, -0.2) is 18.0 Å². The summed E-state index contributed by atoms with van der Waals surface area (Å²) in [7, 11) is 0.785. The standard InChI is InChI=1S/C11H7BrClFN2O4S/c12-7-2-1-6(8(14)3-7)4-16-5-9(21(13,19)20)10(17)15-11(16)18/h1-3,5H,4H2,(H,15,17,18). The molecule has 0 saturated heterocycles. The fourth-order valence-electron chi connectivity index (χ4n) is 1.61. The third kappa shape index (κ3) is 3.60. The molecule has 21 heavy (non-hydrogen) atoms. The van der Waals surface area contributed by atoms with Gasteiger partial charge in [0.05, 0.1) is 6.54 Å². The largest absolute Gasteiger partial charge is 0.328 e. The van der Waals surface area contributed by atoms with E-state index in [1.807, 2.05) is 4.98 Å². The molecule has 0 fully saturated rings. The molecule has 0 unspecified atom stereocenters. The number of aromatic nitrogens is 2. The van der Waals surface area contributed by atoms with Crippen molar-refractivity contribution in [1.29, 1.82) is 0 Å². The Morgan fingerprint density at radius 1 is 1.33 bits per heavy atom. The van der Waals surface area contributed by atoms with E-state index in [0.29, 0.717) is 4.47 Å². The Morgan fingerprint density at radius 3 is 2.57 bits per heavy atom. The summed E-state index contributed by atoms with van der Waals surface area (Å²) in [6.07, 6.45) is 0.783. The van der Waals surface area contributed by atoms with E-state index in [9.17, 15) is 22.4 Å². The molecule has 0 aliphatic rings.